The lowest BCUT2D eigenvalue weighted by molar-refractivity contribution is 0.598. The highest BCUT2D eigenvalue weighted by atomic mass is 32.2. The van der Waals surface area contributed by atoms with Gasteiger partial charge in [-0.25, -0.2) is 19.4 Å². The molecule has 0 spiro atoms. The third kappa shape index (κ3) is 3.44. The van der Waals surface area contributed by atoms with E-state index in [4.69, 9.17) is 23.2 Å². The topological polar surface area (TPSA) is 110 Å². The van der Waals surface area contributed by atoms with Crippen LogP contribution in [0.2, 0.25) is 0 Å². The van der Waals surface area contributed by atoms with Crippen LogP contribution in [0.4, 0.5) is 5.69 Å². The molecule has 0 fully saturated rings. The molecule has 1 rings (SSSR count). The molecule has 0 heterocycles. The van der Waals surface area contributed by atoms with Crippen molar-refractivity contribution in [1.29, 1.82) is 0 Å². The van der Waals surface area contributed by atoms with Crippen LogP contribution in [0.15, 0.2) is 29.2 Å². The summed E-state index contributed by atoms with van der Waals surface area (Å²) in [6, 6.07) is 5.93. The lowest BCUT2D eigenvalue weighted by Gasteiger charge is -2.07. The van der Waals surface area contributed by atoms with Gasteiger partial charge in [-0.3, -0.25) is 0 Å². The highest BCUT2D eigenvalue weighted by molar-refractivity contribution is 7.89. The summed E-state index contributed by atoms with van der Waals surface area (Å²) in [5.74, 6) is 5.05. The predicted octanol–water partition coefficient (Wildman–Crippen LogP) is -0.506. The highest BCUT2D eigenvalue weighted by Crippen LogP contribution is 2.13. The van der Waals surface area contributed by atoms with Crippen molar-refractivity contribution in [2.45, 2.75) is 4.90 Å². The minimum atomic E-state index is -3.70. The van der Waals surface area contributed by atoms with Crippen LogP contribution in [0.5, 0.6) is 0 Å². The van der Waals surface area contributed by atoms with Crippen LogP contribution < -0.4 is 21.7 Å². The van der Waals surface area contributed by atoms with Gasteiger partial charge in [0.25, 0.3) is 0 Å². The Kier molecular flexibility index (Phi) is 3.58. The van der Waals surface area contributed by atoms with Crippen LogP contribution in [0.1, 0.15) is 0 Å². The van der Waals surface area contributed by atoms with Gasteiger partial charge >= 0.3 is 0 Å². The monoisotopic (exact) mass is 246 g/mol. The largest absolute Gasteiger partial charge is 0.332 e. The van der Waals surface area contributed by atoms with Gasteiger partial charge in [0.1, 0.15) is 0 Å². The molecule has 0 saturated carbocycles. The van der Waals surface area contributed by atoms with Crippen molar-refractivity contribution in [3.63, 3.8) is 0 Å². The quantitative estimate of drug-likeness (QED) is 0.318. The van der Waals surface area contributed by atoms with Crippen LogP contribution in [-0.2, 0) is 10.0 Å². The second-order valence-corrected chi connectivity index (χ2v) is 4.64. The molecule has 15 heavy (non-hydrogen) atoms. The fraction of sp³-hybridized carbons (Fsp3) is 0. The molecule has 1 aromatic rings. The maximum atomic E-state index is 11.0. The van der Waals surface area contributed by atoms with Gasteiger partial charge in [0, 0.05) is 5.69 Å². The Hall–Kier alpha value is -1.22. The Bertz CT molecular complexity index is 472. The van der Waals surface area contributed by atoms with Crippen molar-refractivity contribution >= 4 is 33.0 Å². The van der Waals surface area contributed by atoms with Crippen molar-refractivity contribution in [3.8, 4) is 0 Å². The average molecular weight is 246 g/mol. The molecule has 82 valence electrons. The van der Waals surface area contributed by atoms with Crippen LogP contribution in [-0.4, -0.2) is 13.5 Å². The molecule has 0 aromatic heterocycles. The van der Waals surface area contributed by atoms with Crippen LogP contribution >= 0.6 is 12.2 Å². The first kappa shape index (κ1) is 11.9. The Labute approximate surface area is 92.7 Å². The lowest BCUT2D eigenvalue weighted by Crippen LogP contribution is -2.34. The van der Waals surface area contributed by atoms with E-state index in [2.05, 4.69) is 10.7 Å². The van der Waals surface area contributed by atoms with Gasteiger partial charge in [-0.1, -0.05) is 6.07 Å². The maximum absolute atomic E-state index is 11.0. The number of nitrogens with one attached hydrogen (secondary N) is 2. The van der Waals surface area contributed by atoms with E-state index < -0.39 is 10.0 Å². The second kappa shape index (κ2) is 4.53. The van der Waals surface area contributed by atoms with Gasteiger partial charge in [0.15, 0.2) is 5.11 Å². The molecule has 0 atom stereocenters. The molecular weight excluding hydrogens is 236 g/mol. The first-order valence-electron chi connectivity index (χ1n) is 3.84. The molecular formula is C7H10N4O2S2. The van der Waals surface area contributed by atoms with Crippen molar-refractivity contribution < 1.29 is 8.42 Å². The first-order valence-corrected chi connectivity index (χ1v) is 5.79. The van der Waals surface area contributed by atoms with Gasteiger partial charge in [-0.15, -0.1) is 0 Å². The number of benzene rings is 1. The summed E-state index contributed by atoms with van der Waals surface area (Å²) in [4.78, 5) is 0.00678. The van der Waals surface area contributed by atoms with E-state index in [1.54, 1.807) is 12.1 Å². The van der Waals surface area contributed by atoms with Crippen molar-refractivity contribution in [2.24, 2.45) is 11.0 Å². The molecule has 0 bridgehead atoms. The number of anilines is 1. The minimum Gasteiger partial charge on any atom is -0.332 e. The van der Waals surface area contributed by atoms with E-state index in [-0.39, 0.29) is 10.0 Å². The summed E-state index contributed by atoms with van der Waals surface area (Å²) in [7, 11) is -3.70. The van der Waals surface area contributed by atoms with Gasteiger partial charge in [-0.05, 0) is 30.4 Å². The molecule has 0 saturated heterocycles. The molecule has 6 N–H and O–H groups in total. The van der Waals surface area contributed by atoms with Gasteiger partial charge in [0.2, 0.25) is 10.0 Å². The first-order chi connectivity index (χ1) is 6.93. The molecule has 0 aliphatic rings. The summed E-state index contributed by atoms with van der Waals surface area (Å²) in [5.41, 5.74) is 2.70. The number of nitrogens with two attached hydrogens (primary N) is 2. The fourth-order valence-corrected chi connectivity index (χ4v) is 1.60. The number of thiocarbonyl (C=S) groups is 1. The zero-order valence-corrected chi connectivity index (χ0v) is 9.23. The molecule has 6 nitrogen and oxygen atoms in total. The Morgan fingerprint density at radius 3 is 2.60 bits per heavy atom. The van der Waals surface area contributed by atoms with E-state index in [0.29, 0.717) is 5.69 Å². The Morgan fingerprint density at radius 1 is 1.40 bits per heavy atom. The third-order valence-electron chi connectivity index (χ3n) is 1.55. The normalized spacial score (nSPS) is 10.8. The van der Waals surface area contributed by atoms with Crippen molar-refractivity contribution in [1.82, 2.24) is 5.43 Å². The van der Waals surface area contributed by atoms with Crippen molar-refractivity contribution in [3.05, 3.63) is 24.3 Å². The zero-order chi connectivity index (χ0) is 11.5. The van der Waals surface area contributed by atoms with Gasteiger partial charge in [-0.2, -0.15) is 0 Å². The van der Waals surface area contributed by atoms with E-state index in [1.807, 2.05) is 0 Å². The molecule has 0 radical (unpaired) electrons. The highest BCUT2D eigenvalue weighted by Gasteiger charge is 2.07. The third-order valence-corrected chi connectivity index (χ3v) is 2.68. The number of rotatable bonds is 2. The summed E-state index contributed by atoms with van der Waals surface area (Å²) >= 11 is 4.75. The number of hydrazine groups is 1. The summed E-state index contributed by atoms with van der Waals surface area (Å²) in [5, 5.41) is 7.82. The van der Waals surface area contributed by atoms with Crippen molar-refractivity contribution in [2.75, 3.05) is 5.32 Å². The lowest BCUT2D eigenvalue weighted by atomic mass is 10.3. The minimum absolute atomic E-state index is 0.00678. The number of primary sulfonamides is 1. The summed E-state index contributed by atoms with van der Waals surface area (Å²) < 4.78 is 22.0. The standard InChI is InChI=1S/C7H10N4O2S2/c8-11-7(14)10-5-2-1-3-6(4-5)15(9,12)13/h1-4H,8H2,(H2,9,12,13)(H2,10,11,14). The van der Waals surface area contributed by atoms with E-state index in [0.717, 1.165) is 0 Å². The number of hydrogen-bond donors (Lipinski definition) is 4. The predicted molar refractivity (Wildman–Crippen MR) is 61.4 cm³/mol. The smallest absolute Gasteiger partial charge is 0.238 e. The fourth-order valence-electron chi connectivity index (χ4n) is 0.918. The molecule has 0 amide bonds. The zero-order valence-electron chi connectivity index (χ0n) is 7.60. The Balaban J connectivity index is 2.99. The maximum Gasteiger partial charge on any atom is 0.238 e. The van der Waals surface area contributed by atoms with Crippen LogP contribution in [0.25, 0.3) is 0 Å². The molecule has 0 aliphatic carbocycles. The van der Waals surface area contributed by atoms with E-state index in [9.17, 15) is 8.42 Å². The molecule has 8 heteroatoms. The second-order valence-electron chi connectivity index (χ2n) is 2.67. The summed E-state index contributed by atoms with van der Waals surface area (Å²) in [6.45, 7) is 0. The van der Waals surface area contributed by atoms with Crippen LogP contribution in [0, 0.1) is 0 Å². The molecule has 0 unspecified atom stereocenters. The molecule has 0 aliphatic heterocycles. The van der Waals surface area contributed by atoms with Gasteiger partial charge < -0.3 is 10.7 Å². The number of hydrogen-bond acceptors (Lipinski definition) is 4. The Morgan fingerprint density at radius 2 is 2.07 bits per heavy atom. The van der Waals surface area contributed by atoms with Crippen LogP contribution in [0.3, 0.4) is 0 Å². The molecule has 1 aromatic carbocycles. The summed E-state index contributed by atoms with van der Waals surface area (Å²) in [6.07, 6.45) is 0. The van der Waals surface area contributed by atoms with E-state index in [1.165, 1.54) is 12.1 Å². The SMILES string of the molecule is NNC(=S)Nc1cccc(S(N)(=O)=O)c1. The number of sulfonamides is 1. The average Bonchev–Trinajstić information content (AvgIpc) is 2.17. The van der Waals surface area contributed by atoms with E-state index >= 15 is 0 Å². The van der Waals surface area contributed by atoms with Gasteiger partial charge in [0.05, 0.1) is 4.90 Å².